The molecule has 0 radical (unpaired) electrons. The maximum absolute atomic E-state index is 5.82. The van der Waals surface area contributed by atoms with Crippen molar-refractivity contribution in [3.05, 3.63) is 20.8 Å². The number of halogens is 1. The van der Waals surface area contributed by atoms with E-state index in [9.17, 15) is 0 Å². The summed E-state index contributed by atoms with van der Waals surface area (Å²) in [5, 5.41) is 3.50. The van der Waals surface area contributed by atoms with E-state index in [1.807, 2.05) is 0 Å². The highest BCUT2D eigenvalue weighted by Crippen LogP contribution is 2.28. The Balaban J connectivity index is 1.39. The molecule has 3 nitrogen and oxygen atoms in total. The monoisotopic (exact) mass is 330 g/mol. The van der Waals surface area contributed by atoms with Crippen LogP contribution in [-0.4, -0.2) is 43.3 Å². The number of thiophene rings is 1. The third-order valence-electron chi connectivity index (χ3n) is 3.53. The summed E-state index contributed by atoms with van der Waals surface area (Å²) in [5.74, 6) is 0. The van der Waals surface area contributed by atoms with E-state index in [-0.39, 0.29) is 0 Å². The minimum Gasteiger partial charge on any atom is -0.374 e. The van der Waals surface area contributed by atoms with Crippen LogP contribution in [0.5, 0.6) is 0 Å². The van der Waals surface area contributed by atoms with E-state index in [2.05, 4.69) is 38.3 Å². The number of morpholine rings is 1. The van der Waals surface area contributed by atoms with Gasteiger partial charge in [0.05, 0.1) is 16.5 Å². The molecule has 18 heavy (non-hydrogen) atoms. The van der Waals surface area contributed by atoms with Crippen molar-refractivity contribution in [1.29, 1.82) is 0 Å². The quantitative estimate of drug-likeness (QED) is 0.897. The Morgan fingerprint density at radius 1 is 1.44 bits per heavy atom. The van der Waals surface area contributed by atoms with Gasteiger partial charge in [-0.05, 0) is 40.9 Å². The lowest BCUT2D eigenvalue weighted by molar-refractivity contribution is -0.0301. The van der Waals surface area contributed by atoms with Gasteiger partial charge in [0.1, 0.15) is 0 Å². The van der Waals surface area contributed by atoms with Gasteiger partial charge in [0.15, 0.2) is 0 Å². The Morgan fingerprint density at radius 3 is 3.06 bits per heavy atom. The first kappa shape index (κ1) is 13.1. The third kappa shape index (κ3) is 3.54. The highest BCUT2D eigenvalue weighted by molar-refractivity contribution is 9.11. The highest BCUT2D eigenvalue weighted by Gasteiger charge is 2.32. The molecule has 1 aliphatic heterocycles. The zero-order chi connectivity index (χ0) is 12.4. The van der Waals surface area contributed by atoms with Crippen LogP contribution in [0.1, 0.15) is 17.7 Å². The summed E-state index contributed by atoms with van der Waals surface area (Å²) in [6, 6.07) is 5.14. The molecular weight excluding hydrogens is 312 g/mol. The van der Waals surface area contributed by atoms with E-state index in [4.69, 9.17) is 4.74 Å². The number of hydrogen-bond acceptors (Lipinski definition) is 4. The van der Waals surface area contributed by atoms with Gasteiger partial charge in [0, 0.05) is 37.1 Å². The first-order chi connectivity index (χ1) is 8.81. The van der Waals surface area contributed by atoms with Crippen LogP contribution in [0, 0.1) is 0 Å². The molecule has 5 heteroatoms. The van der Waals surface area contributed by atoms with E-state index in [1.54, 1.807) is 11.3 Å². The number of ether oxygens (including phenoxy) is 1. The maximum Gasteiger partial charge on any atom is 0.0826 e. The van der Waals surface area contributed by atoms with Gasteiger partial charge in [0.2, 0.25) is 0 Å². The van der Waals surface area contributed by atoms with Gasteiger partial charge < -0.3 is 10.1 Å². The van der Waals surface area contributed by atoms with Crippen LogP contribution in [0.4, 0.5) is 0 Å². The minimum absolute atomic E-state index is 0.364. The molecule has 0 bridgehead atoms. The fourth-order valence-corrected chi connectivity index (χ4v) is 3.89. The van der Waals surface area contributed by atoms with Crippen molar-refractivity contribution < 1.29 is 4.74 Å². The summed E-state index contributed by atoms with van der Waals surface area (Å²) in [5.41, 5.74) is 0. The SMILES string of the molecule is Brc1ccc(CNCC2CN(C3CC3)CCO2)s1. The lowest BCUT2D eigenvalue weighted by Crippen LogP contribution is -2.47. The normalized spacial score (nSPS) is 25.5. The van der Waals surface area contributed by atoms with E-state index < -0.39 is 0 Å². The Labute approximate surface area is 121 Å². The van der Waals surface area contributed by atoms with Crippen LogP contribution in [0.2, 0.25) is 0 Å². The van der Waals surface area contributed by atoms with Gasteiger partial charge in [-0.15, -0.1) is 11.3 Å². The van der Waals surface area contributed by atoms with E-state index in [1.165, 1.54) is 21.5 Å². The molecule has 1 saturated carbocycles. The van der Waals surface area contributed by atoms with E-state index >= 15 is 0 Å². The lowest BCUT2D eigenvalue weighted by atomic mass is 10.2. The predicted molar refractivity (Wildman–Crippen MR) is 78.1 cm³/mol. The highest BCUT2D eigenvalue weighted by atomic mass is 79.9. The van der Waals surface area contributed by atoms with Crippen molar-refractivity contribution in [2.45, 2.75) is 31.5 Å². The minimum atomic E-state index is 0.364. The molecule has 2 aliphatic rings. The largest absolute Gasteiger partial charge is 0.374 e. The number of nitrogens with zero attached hydrogens (tertiary/aromatic N) is 1. The fourth-order valence-electron chi connectivity index (χ4n) is 2.44. The zero-order valence-corrected chi connectivity index (χ0v) is 12.8. The molecule has 1 N–H and O–H groups in total. The molecule has 1 aromatic rings. The Hall–Kier alpha value is 0.0600. The molecular formula is C13H19BrN2OS. The third-order valence-corrected chi connectivity index (χ3v) is 5.16. The molecule has 1 aromatic heterocycles. The van der Waals surface area contributed by atoms with Crippen molar-refractivity contribution >= 4 is 27.3 Å². The topological polar surface area (TPSA) is 24.5 Å². The number of rotatable bonds is 5. The van der Waals surface area contributed by atoms with Crippen LogP contribution in [0.3, 0.4) is 0 Å². The van der Waals surface area contributed by atoms with Crippen LogP contribution >= 0.6 is 27.3 Å². The van der Waals surface area contributed by atoms with E-state index in [0.717, 1.165) is 38.8 Å². The second-order valence-corrected chi connectivity index (χ2v) is 7.60. The predicted octanol–water partition coefficient (Wildman–Crippen LogP) is 2.46. The average molecular weight is 331 g/mol. The Morgan fingerprint density at radius 2 is 2.33 bits per heavy atom. The van der Waals surface area contributed by atoms with Gasteiger partial charge in [-0.2, -0.15) is 0 Å². The molecule has 2 heterocycles. The summed E-state index contributed by atoms with van der Waals surface area (Å²) < 4.78 is 7.02. The summed E-state index contributed by atoms with van der Waals surface area (Å²) in [6.45, 7) is 5.02. The van der Waals surface area contributed by atoms with Gasteiger partial charge in [-0.3, -0.25) is 4.90 Å². The molecule has 1 saturated heterocycles. The molecule has 0 amide bonds. The zero-order valence-electron chi connectivity index (χ0n) is 10.4. The number of nitrogens with one attached hydrogen (secondary N) is 1. The lowest BCUT2D eigenvalue weighted by Gasteiger charge is -2.33. The van der Waals surface area contributed by atoms with Gasteiger partial charge >= 0.3 is 0 Å². The second-order valence-electron chi connectivity index (χ2n) is 5.06. The molecule has 1 aliphatic carbocycles. The smallest absolute Gasteiger partial charge is 0.0826 e. The molecule has 2 fully saturated rings. The summed E-state index contributed by atoms with van der Waals surface area (Å²) in [7, 11) is 0. The van der Waals surface area contributed by atoms with Crippen LogP contribution < -0.4 is 5.32 Å². The first-order valence-corrected chi connectivity index (χ1v) is 8.23. The van der Waals surface area contributed by atoms with Crippen molar-refractivity contribution in [1.82, 2.24) is 10.2 Å². The average Bonchev–Trinajstić information content (AvgIpc) is 3.14. The van der Waals surface area contributed by atoms with Crippen LogP contribution in [0.15, 0.2) is 15.9 Å². The van der Waals surface area contributed by atoms with Crippen molar-refractivity contribution in [3.63, 3.8) is 0 Å². The van der Waals surface area contributed by atoms with Crippen LogP contribution in [-0.2, 0) is 11.3 Å². The summed E-state index contributed by atoms with van der Waals surface area (Å²) in [4.78, 5) is 3.97. The summed E-state index contributed by atoms with van der Waals surface area (Å²) >= 11 is 5.28. The first-order valence-electron chi connectivity index (χ1n) is 6.62. The molecule has 0 aromatic carbocycles. The Bertz CT molecular complexity index is 394. The van der Waals surface area contributed by atoms with Crippen molar-refractivity contribution in [2.24, 2.45) is 0 Å². The van der Waals surface area contributed by atoms with Crippen molar-refractivity contribution in [2.75, 3.05) is 26.2 Å². The number of hydrogen-bond donors (Lipinski definition) is 1. The fraction of sp³-hybridized carbons (Fsp3) is 0.692. The molecule has 100 valence electrons. The molecule has 0 spiro atoms. The van der Waals surface area contributed by atoms with E-state index in [0.29, 0.717) is 6.10 Å². The van der Waals surface area contributed by atoms with Gasteiger partial charge in [-0.1, -0.05) is 0 Å². The van der Waals surface area contributed by atoms with Gasteiger partial charge in [-0.25, -0.2) is 0 Å². The Kier molecular flexibility index (Phi) is 4.36. The second kappa shape index (κ2) is 6.01. The maximum atomic E-state index is 5.82. The molecule has 3 rings (SSSR count). The van der Waals surface area contributed by atoms with Gasteiger partial charge in [0.25, 0.3) is 0 Å². The molecule has 1 unspecified atom stereocenters. The molecule has 1 atom stereocenters. The van der Waals surface area contributed by atoms with Crippen molar-refractivity contribution in [3.8, 4) is 0 Å². The van der Waals surface area contributed by atoms with Crippen LogP contribution in [0.25, 0.3) is 0 Å². The standard InChI is InChI=1S/C13H19BrN2OS/c14-13-4-3-12(18-13)8-15-7-11-9-16(5-6-17-11)10-1-2-10/h3-4,10-11,15H,1-2,5-9H2. The summed E-state index contributed by atoms with van der Waals surface area (Å²) in [6.07, 6.45) is 3.15.